The molecule has 2 amide bonds. The normalized spacial score (nSPS) is 19.6. The Hall–Kier alpha value is -1.30. The number of anilines is 1. The van der Waals surface area contributed by atoms with Crippen molar-refractivity contribution in [2.24, 2.45) is 5.92 Å². The number of rotatable bonds is 5. The highest BCUT2D eigenvalue weighted by molar-refractivity contribution is 6.31. The lowest BCUT2D eigenvalue weighted by atomic mass is 10.0. The molecule has 0 spiro atoms. The van der Waals surface area contributed by atoms with Gasteiger partial charge in [-0.05, 0) is 62.9 Å². The van der Waals surface area contributed by atoms with E-state index in [4.69, 9.17) is 11.6 Å². The zero-order valence-electron chi connectivity index (χ0n) is 14.2. The van der Waals surface area contributed by atoms with Gasteiger partial charge in [-0.2, -0.15) is 0 Å². The highest BCUT2D eigenvalue weighted by atomic mass is 35.5. The van der Waals surface area contributed by atoms with E-state index in [2.05, 4.69) is 10.6 Å². The first-order valence-electron chi connectivity index (χ1n) is 8.73. The third kappa shape index (κ3) is 5.33. The van der Waals surface area contributed by atoms with Crippen LogP contribution in [-0.2, 0) is 4.79 Å². The number of halogens is 2. The lowest BCUT2D eigenvalue weighted by molar-refractivity contribution is -0.116. The largest absolute Gasteiger partial charge is 0.339 e. The van der Waals surface area contributed by atoms with Gasteiger partial charge in [-0.15, -0.1) is 12.4 Å². The Morgan fingerprint density at radius 3 is 2.72 bits per heavy atom. The van der Waals surface area contributed by atoms with Crippen molar-refractivity contribution >= 4 is 41.5 Å². The highest BCUT2D eigenvalue weighted by Gasteiger charge is 2.23. The molecule has 138 valence electrons. The van der Waals surface area contributed by atoms with Crippen LogP contribution in [0.3, 0.4) is 0 Å². The highest BCUT2D eigenvalue weighted by Crippen LogP contribution is 2.24. The minimum Gasteiger partial charge on any atom is -0.339 e. The van der Waals surface area contributed by atoms with Crippen LogP contribution >= 0.6 is 24.0 Å². The van der Waals surface area contributed by atoms with Gasteiger partial charge in [0, 0.05) is 24.5 Å². The molecule has 1 aromatic rings. The molecule has 25 heavy (non-hydrogen) atoms. The topological polar surface area (TPSA) is 61.4 Å². The van der Waals surface area contributed by atoms with Gasteiger partial charge in [0.15, 0.2) is 0 Å². The summed E-state index contributed by atoms with van der Waals surface area (Å²) in [5, 5.41) is 6.72. The monoisotopic (exact) mass is 385 g/mol. The molecule has 1 aromatic carbocycles. The van der Waals surface area contributed by atoms with Gasteiger partial charge in [-0.25, -0.2) is 0 Å². The molecule has 0 bridgehead atoms. The zero-order chi connectivity index (χ0) is 16.9. The van der Waals surface area contributed by atoms with E-state index in [1.165, 1.54) is 0 Å². The van der Waals surface area contributed by atoms with Crippen LogP contribution in [0, 0.1) is 5.92 Å². The first kappa shape index (κ1) is 20.0. The molecule has 2 aliphatic rings. The average molecular weight is 386 g/mol. The molecule has 1 atom stereocenters. The minimum atomic E-state index is -0.0507. The molecule has 0 aliphatic carbocycles. The SMILES string of the molecule is Cl.O=C(CCC1CCNC1)Nc1ccc(Cl)cc1C(=O)N1CCCC1. The van der Waals surface area contributed by atoms with Crippen molar-refractivity contribution in [1.82, 2.24) is 10.2 Å². The Morgan fingerprint density at radius 2 is 2.04 bits per heavy atom. The van der Waals surface area contributed by atoms with Gasteiger partial charge in [0.25, 0.3) is 5.91 Å². The van der Waals surface area contributed by atoms with Crippen LogP contribution in [0.25, 0.3) is 0 Å². The summed E-state index contributed by atoms with van der Waals surface area (Å²) in [7, 11) is 0. The third-order valence-electron chi connectivity index (χ3n) is 4.82. The Bertz CT molecular complexity index is 612. The van der Waals surface area contributed by atoms with E-state index in [0.717, 1.165) is 51.9 Å². The minimum absolute atomic E-state index is 0. The molecule has 2 fully saturated rings. The van der Waals surface area contributed by atoms with Crippen LogP contribution in [0.4, 0.5) is 5.69 Å². The number of nitrogens with zero attached hydrogens (tertiary/aromatic N) is 1. The van der Waals surface area contributed by atoms with E-state index in [-0.39, 0.29) is 24.2 Å². The van der Waals surface area contributed by atoms with Crippen molar-refractivity contribution in [3.63, 3.8) is 0 Å². The number of carbonyl (C=O) groups excluding carboxylic acids is 2. The number of amides is 2. The molecule has 0 saturated carbocycles. The van der Waals surface area contributed by atoms with Crippen molar-refractivity contribution in [3.8, 4) is 0 Å². The number of nitrogens with one attached hydrogen (secondary N) is 2. The number of benzene rings is 1. The lowest BCUT2D eigenvalue weighted by Gasteiger charge is -2.18. The van der Waals surface area contributed by atoms with Gasteiger partial charge in [-0.1, -0.05) is 11.6 Å². The molecule has 2 N–H and O–H groups in total. The number of likely N-dealkylation sites (tertiary alicyclic amines) is 1. The fourth-order valence-electron chi connectivity index (χ4n) is 3.40. The van der Waals surface area contributed by atoms with Crippen LogP contribution in [0.2, 0.25) is 5.02 Å². The van der Waals surface area contributed by atoms with Crippen molar-refractivity contribution < 1.29 is 9.59 Å². The van der Waals surface area contributed by atoms with E-state index in [1.54, 1.807) is 18.2 Å². The van der Waals surface area contributed by atoms with Gasteiger partial charge in [-0.3, -0.25) is 9.59 Å². The summed E-state index contributed by atoms with van der Waals surface area (Å²) >= 11 is 6.06. The molecule has 1 unspecified atom stereocenters. The van der Waals surface area contributed by atoms with E-state index in [9.17, 15) is 9.59 Å². The third-order valence-corrected chi connectivity index (χ3v) is 5.06. The maximum atomic E-state index is 12.7. The lowest BCUT2D eigenvalue weighted by Crippen LogP contribution is -2.29. The summed E-state index contributed by atoms with van der Waals surface area (Å²) < 4.78 is 0. The Kier molecular flexibility index (Phi) is 7.54. The van der Waals surface area contributed by atoms with E-state index < -0.39 is 0 Å². The van der Waals surface area contributed by atoms with Crippen LogP contribution in [-0.4, -0.2) is 42.9 Å². The van der Waals surface area contributed by atoms with Crippen molar-refractivity contribution in [1.29, 1.82) is 0 Å². The fraction of sp³-hybridized carbons (Fsp3) is 0.556. The van der Waals surface area contributed by atoms with Crippen molar-refractivity contribution in [3.05, 3.63) is 28.8 Å². The molecule has 0 radical (unpaired) electrons. The number of hydrogen-bond donors (Lipinski definition) is 2. The summed E-state index contributed by atoms with van der Waals surface area (Å²) in [5.41, 5.74) is 1.05. The van der Waals surface area contributed by atoms with Crippen molar-refractivity contribution in [2.45, 2.75) is 32.1 Å². The summed E-state index contributed by atoms with van der Waals surface area (Å²) in [5.74, 6) is 0.483. The van der Waals surface area contributed by atoms with Crippen LogP contribution in [0.5, 0.6) is 0 Å². The van der Waals surface area contributed by atoms with E-state index in [0.29, 0.717) is 28.6 Å². The van der Waals surface area contributed by atoms with Gasteiger partial charge >= 0.3 is 0 Å². The molecule has 2 heterocycles. The van der Waals surface area contributed by atoms with Crippen molar-refractivity contribution in [2.75, 3.05) is 31.5 Å². The van der Waals surface area contributed by atoms with Gasteiger partial charge in [0.05, 0.1) is 11.3 Å². The quantitative estimate of drug-likeness (QED) is 0.816. The van der Waals surface area contributed by atoms with Crippen LogP contribution < -0.4 is 10.6 Å². The molecule has 2 aliphatic heterocycles. The molecular weight excluding hydrogens is 361 g/mol. The van der Waals surface area contributed by atoms with E-state index in [1.807, 2.05) is 4.90 Å². The first-order chi connectivity index (χ1) is 11.6. The fourth-order valence-corrected chi connectivity index (χ4v) is 3.57. The summed E-state index contributed by atoms with van der Waals surface area (Å²) in [6.07, 6.45) is 4.55. The Balaban J connectivity index is 0.00000225. The maximum absolute atomic E-state index is 12.7. The van der Waals surface area contributed by atoms with Gasteiger partial charge < -0.3 is 15.5 Å². The van der Waals surface area contributed by atoms with E-state index >= 15 is 0 Å². The maximum Gasteiger partial charge on any atom is 0.256 e. The predicted octanol–water partition coefficient (Wildman–Crippen LogP) is 3.33. The smallest absolute Gasteiger partial charge is 0.256 e. The summed E-state index contributed by atoms with van der Waals surface area (Å²) in [4.78, 5) is 26.8. The second kappa shape index (κ2) is 9.41. The standard InChI is InChI=1S/C18H24ClN3O2.ClH/c19-14-4-5-16(15(11-14)18(24)22-9-1-2-10-22)21-17(23)6-3-13-7-8-20-12-13;/h4-5,11,13,20H,1-3,6-10,12H2,(H,21,23);1H. The second-order valence-corrected chi connectivity index (χ2v) is 7.07. The average Bonchev–Trinajstić information content (AvgIpc) is 3.27. The number of hydrogen-bond acceptors (Lipinski definition) is 3. The molecule has 5 nitrogen and oxygen atoms in total. The van der Waals surface area contributed by atoms with Gasteiger partial charge in [0.2, 0.25) is 5.91 Å². The molecular formula is C18H25Cl2N3O2. The van der Waals surface area contributed by atoms with Crippen LogP contribution in [0.1, 0.15) is 42.5 Å². The summed E-state index contributed by atoms with van der Waals surface area (Å²) in [6, 6.07) is 5.08. The molecule has 7 heteroatoms. The van der Waals surface area contributed by atoms with Gasteiger partial charge in [0.1, 0.15) is 0 Å². The first-order valence-corrected chi connectivity index (χ1v) is 9.10. The zero-order valence-corrected chi connectivity index (χ0v) is 15.8. The van der Waals surface area contributed by atoms with Crippen LogP contribution in [0.15, 0.2) is 18.2 Å². The second-order valence-electron chi connectivity index (χ2n) is 6.63. The molecule has 2 saturated heterocycles. The number of carbonyl (C=O) groups is 2. The summed E-state index contributed by atoms with van der Waals surface area (Å²) in [6.45, 7) is 3.58. The predicted molar refractivity (Wildman–Crippen MR) is 103 cm³/mol. The Labute approximate surface area is 159 Å². The molecule has 3 rings (SSSR count). The molecule has 0 aromatic heterocycles. The Morgan fingerprint density at radius 1 is 1.28 bits per heavy atom.